The average Bonchev–Trinajstić information content (AvgIpc) is 2.20. The number of nitrogens with zero attached hydrogens (tertiary/aromatic N) is 1. The predicted octanol–water partition coefficient (Wildman–Crippen LogP) is 0.901. The van der Waals surface area contributed by atoms with Gasteiger partial charge in [-0.2, -0.15) is 0 Å². The Hall–Kier alpha value is -1.59. The van der Waals surface area contributed by atoms with E-state index in [4.69, 9.17) is 11.6 Å². The molecule has 5 nitrogen and oxygen atoms in total. The van der Waals surface area contributed by atoms with Gasteiger partial charge in [0.15, 0.2) is 0 Å². The smallest absolute Gasteiger partial charge is 0.275 e. The molecule has 0 unspecified atom stereocenters. The molecule has 0 saturated carbocycles. The zero-order valence-electron chi connectivity index (χ0n) is 7.66. The molecule has 3 amide bonds. The molecule has 2 N–H and O–H groups in total. The number of amides is 3. The van der Waals surface area contributed by atoms with Gasteiger partial charge in [-0.15, -0.1) is 0 Å². The van der Waals surface area contributed by atoms with Crippen molar-refractivity contribution in [3.05, 3.63) is 29.3 Å². The third-order valence-electron chi connectivity index (χ3n) is 1.93. The van der Waals surface area contributed by atoms with E-state index in [-0.39, 0.29) is 12.5 Å². The van der Waals surface area contributed by atoms with Gasteiger partial charge in [0.05, 0.1) is 12.2 Å². The molecular weight excluding hydrogens is 218 g/mol. The van der Waals surface area contributed by atoms with Crippen molar-refractivity contribution >= 4 is 29.2 Å². The lowest BCUT2D eigenvalue weighted by Crippen LogP contribution is -2.59. The van der Waals surface area contributed by atoms with Gasteiger partial charge >= 0.3 is 6.03 Å². The summed E-state index contributed by atoms with van der Waals surface area (Å²) in [6, 6.07) is 6.22. The second-order valence-electron chi connectivity index (χ2n) is 3.00. The van der Waals surface area contributed by atoms with Crippen LogP contribution in [0.3, 0.4) is 0 Å². The third kappa shape index (κ3) is 2.08. The van der Waals surface area contributed by atoms with E-state index in [2.05, 4.69) is 10.7 Å². The summed E-state index contributed by atoms with van der Waals surface area (Å²) >= 11 is 5.72. The molecule has 0 aliphatic carbocycles. The fraction of sp³-hybridized carbons (Fsp3) is 0.111. The third-order valence-corrected chi connectivity index (χ3v) is 2.18. The summed E-state index contributed by atoms with van der Waals surface area (Å²) in [5.41, 5.74) is 3.31. The Morgan fingerprint density at radius 1 is 1.20 bits per heavy atom. The highest BCUT2D eigenvalue weighted by Crippen LogP contribution is 2.17. The van der Waals surface area contributed by atoms with Crippen molar-refractivity contribution in [2.24, 2.45) is 0 Å². The molecule has 0 spiro atoms. The largest absolute Gasteiger partial charge is 0.343 e. The van der Waals surface area contributed by atoms with E-state index in [0.29, 0.717) is 10.7 Å². The number of urea groups is 1. The van der Waals surface area contributed by atoms with Gasteiger partial charge in [0.2, 0.25) is 5.91 Å². The van der Waals surface area contributed by atoms with E-state index < -0.39 is 6.03 Å². The molecule has 1 aliphatic rings. The van der Waals surface area contributed by atoms with E-state index in [1.54, 1.807) is 24.3 Å². The Labute approximate surface area is 91.0 Å². The van der Waals surface area contributed by atoms with Gasteiger partial charge in [-0.05, 0) is 24.3 Å². The van der Waals surface area contributed by atoms with Gasteiger partial charge in [0.25, 0.3) is 0 Å². The van der Waals surface area contributed by atoms with Crippen LogP contribution in [0.15, 0.2) is 24.3 Å². The molecule has 0 bridgehead atoms. The average molecular weight is 226 g/mol. The number of hydrogen-bond donors (Lipinski definition) is 2. The minimum atomic E-state index is -0.492. The topological polar surface area (TPSA) is 61.4 Å². The molecule has 0 atom stereocenters. The number of rotatable bonds is 1. The second kappa shape index (κ2) is 3.88. The molecule has 15 heavy (non-hydrogen) atoms. The van der Waals surface area contributed by atoms with Crippen LogP contribution >= 0.6 is 11.6 Å². The van der Waals surface area contributed by atoms with Crippen molar-refractivity contribution in [2.75, 3.05) is 11.6 Å². The van der Waals surface area contributed by atoms with Crippen LogP contribution in [0, 0.1) is 0 Å². The van der Waals surface area contributed by atoms with Crippen LogP contribution in [-0.4, -0.2) is 18.5 Å². The summed E-state index contributed by atoms with van der Waals surface area (Å²) in [7, 11) is 0. The molecule has 0 aromatic heterocycles. The van der Waals surface area contributed by atoms with Crippen LogP contribution < -0.4 is 15.8 Å². The number of hydrogen-bond acceptors (Lipinski definition) is 3. The SMILES string of the molecule is O=C1CNN(c2ccc(Cl)cc2)C(=O)N1. The Balaban J connectivity index is 2.20. The summed E-state index contributed by atoms with van der Waals surface area (Å²) in [5, 5.41) is 4.05. The van der Waals surface area contributed by atoms with Gasteiger partial charge in [0.1, 0.15) is 0 Å². The van der Waals surface area contributed by atoms with Gasteiger partial charge in [-0.3, -0.25) is 10.1 Å². The second-order valence-corrected chi connectivity index (χ2v) is 3.44. The minimum absolute atomic E-state index is 0.0777. The van der Waals surface area contributed by atoms with Crippen LogP contribution in [0.1, 0.15) is 0 Å². The van der Waals surface area contributed by atoms with E-state index in [1.807, 2.05) is 0 Å². The number of benzene rings is 1. The lowest BCUT2D eigenvalue weighted by molar-refractivity contribution is -0.119. The Morgan fingerprint density at radius 2 is 1.87 bits per heavy atom. The predicted molar refractivity (Wildman–Crippen MR) is 55.5 cm³/mol. The van der Waals surface area contributed by atoms with Crippen molar-refractivity contribution in [3.8, 4) is 0 Å². The lowest BCUT2D eigenvalue weighted by Gasteiger charge is -2.27. The maximum Gasteiger partial charge on any atom is 0.343 e. The summed E-state index contributed by atoms with van der Waals surface area (Å²) in [5.74, 6) is -0.342. The van der Waals surface area contributed by atoms with Crippen LogP contribution in [0.4, 0.5) is 10.5 Å². The first kappa shape index (κ1) is 9.95. The molecule has 6 heteroatoms. The first-order valence-corrected chi connectivity index (χ1v) is 4.67. The lowest BCUT2D eigenvalue weighted by atomic mass is 10.3. The normalized spacial score (nSPS) is 16.5. The van der Waals surface area contributed by atoms with E-state index in [0.717, 1.165) is 0 Å². The molecule has 1 aliphatic heterocycles. The first-order chi connectivity index (χ1) is 7.16. The standard InChI is InChI=1S/C9H8ClN3O2/c10-6-1-3-7(4-2-6)13-9(15)12-8(14)5-11-13/h1-4,11H,5H2,(H,12,14,15). The van der Waals surface area contributed by atoms with Crippen LogP contribution in [0.25, 0.3) is 0 Å². The number of anilines is 1. The molecule has 1 aromatic carbocycles. The van der Waals surface area contributed by atoms with E-state index >= 15 is 0 Å². The Morgan fingerprint density at radius 3 is 2.47 bits per heavy atom. The summed E-state index contributed by atoms with van der Waals surface area (Å²) < 4.78 is 0. The highest BCUT2D eigenvalue weighted by molar-refractivity contribution is 6.30. The number of carbonyl (C=O) groups is 2. The van der Waals surface area contributed by atoms with Crippen molar-refractivity contribution in [2.45, 2.75) is 0 Å². The van der Waals surface area contributed by atoms with Crippen molar-refractivity contribution < 1.29 is 9.59 Å². The summed E-state index contributed by atoms with van der Waals surface area (Å²) in [6.45, 7) is 0.0777. The monoisotopic (exact) mass is 225 g/mol. The highest BCUT2D eigenvalue weighted by Gasteiger charge is 2.23. The molecule has 2 rings (SSSR count). The summed E-state index contributed by atoms with van der Waals surface area (Å²) in [6.07, 6.45) is 0. The highest BCUT2D eigenvalue weighted by atomic mass is 35.5. The minimum Gasteiger partial charge on any atom is -0.275 e. The molecule has 0 radical (unpaired) electrons. The van der Waals surface area contributed by atoms with Crippen LogP contribution in [0.5, 0.6) is 0 Å². The number of halogens is 1. The first-order valence-electron chi connectivity index (χ1n) is 4.30. The fourth-order valence-corrected chi connectivity index (χ4v) is 1.37. The molecule has 1 heterocycles. The quantitative estimate of drug-likeness (QED) is 0.747. The van der Waals surface area contributed by atoms with Crippen LogP contribution in [-0.2, 0) is 4.79 Å². The molecule has 1 fully saturated rings. The van der Waals surface area contributed by atoms with Crippen LogP contribution in [0.2, 0.25) is 5.02 Å². The maximum atomic E-state index is 11.4. The molecular formula is C9H8ClN3O2. The number of imide groups is 1. The van der Waals surface area contributed by atoms with Gasteiger partial charge in [-0.25, -0.2) is 15.2 Å². The Kier molecular flexibility index (Phi) is 2.57. The molecule has 1 aromatic rings. The van der Waals surface area contributed by atoms with Gasteiger partial charge in [0, 0.05) is 5.02 Å². The number of hydrazine groups is 1. The fourth-order valence-electron chi connectivity index (χ4n) is 1.24. The van der Waals surface area contributed by atoms with Crippen molar-refractivity contribution in [1.82, 2.24) is 10.7 Å². The zero-order chi connectivity index (χ0) is 10.8. The number of nitrogens with one attached hydrogen (secondary N) is 2. The summed E-state index contributed by atoms with van der Waals surface area (Å²) in [4.78, 5) is 22.3. The Bertz CT molecular complexity index is 404. The zero-order valence-corrected chi connectivity index (χ0v) is 8.41. The molecule has 78 valence electrons. The van der Waals surface area contributed by atoms with Gasteiger partial charge < -0.3 is 0 Å². The van der Waals surface area contributed by atoms with Crippen molar-refractivity contribution in [1.29, 1.82) is 0 Å². The van der Waals surface area contributed by atoms with E-state index in [1.165, 1.54) is 5.01 Å². The van der Waals surface area contributed by atoms with Crippen molar-refractivity contribution in [3.63, 3.8) is 0 Å². The number of carbonyl (C=O) groups excluding carboxylic acids is 2. The molecule has 1 saturated heterocycles. The van der Waals surface area contributed by atoms with Gasteiger partial charge in [-0.1, -0.05) is 11.6 Å². The maximum absolute atomic E-state index is 11.4. The van der Waals surface area contributed by atoms with E-state index in [9.17, 15) is 9.59 Å².